The largest absolute Gasteiger partial charge is 0.491 e. The molecule has 1 unspecified atom stereocenters. The van der Waals surface area contributed by atoms with Gasteiger partial charge in [0.15, 0.2) is 0 Å². The number of aryl methyl sites for hydroxylation is 2. The molecule has 0 spiro atoms. The van der Waals surface area contributed by atoms with E-state index in [1.807, 2.05) is 32.0 Å². The molecule has 1 atom stereocenters. The predicted octanol–water partition coefficient (Wildman–Crippen LogP) is 2.16. The molecule has 116 valence electrons. The highest BCUT2D eigenvalue weighted by Gasteiger charge is 2.15. The number of ether oxygens (including phenoxy) is 2. The van der Waals surface area contributed by atoms with E-state index in [1.165, 1.54) is 0 Å². The van der Waals surface area contributed by atoms with Gasteiger partial charge >= 0.3 is 6.03 Å². The Morgan fingerprint density at radius 1 is 1.33 bits per heavy atom. The molecule has 2 rings (SSSR count). The molecule has 1 fully saturated rings. The number of nitrogens with one attached hydrogen (secondary N) is 2. The summed E-state index contributed by atoms with van der Waals surface area (Å²) in [6.45, 7) is 6.35. The Balaban J connectivity index is 1.61. The van der Waals surface area contributed by atoms with Gasteiger partial charge in [0, 0.05) is 13.2 Å². The predicted molar refractivity (Wildman–Crippen MR) is 81.8 cm³/mol. The van der Waals surface area contributed by atoms with Crippen LogP contribution in [-0.2, 0) is 4.74 Å². The molecule has 5 heteroatoms. The highest BCUT2D eigenvalue weighted by molar-refractivity contribution is 5.73. The minimum atomic E-state index is -0.171. The lowest BCUT2D eigenvalue weighted by molar-refractivity contribution is 0.111. The van der Waals surface area contributed by atoms with E-state index >= 15 is 0 Å². The molecule has 1 saturated heterocycles. The first-order valence-corrected chi connectivity index (χ1v) is 7.49. The minimum Gasteiger partial charge on any atom is -0.491 e. The van der Waals surface area contributed by atoms with Gasteiger partial charge in [0.25, 0.3) is 0 Å². The summed E-state index contributed by atoms with van der Waals surface area (Å²) in [6, 6.07) is 5.87. The Bertz CT molecular complexity index is 450. The van der Waals surface area contributed by atoms with Crippen LogP contribution < -0.4 is 15.4 Å². The van der Waals surface area contributed by atoms with E-state index in [9.17, 15) is 4.79 Å². The van der Waals surface area contributed by atoms with E-state index in [-0.39, 0.29) is 12.1 Å². The van der Waals surface area contributed by atoms with Gasteiger partial charge in [0.1, 0.15) is 12.4 Å². The van der Waals surface area contributed by atoms with Crippen molar-refractivity contribution in [3.63, 3.8) is 0 Å². The summed E-state index contributed by atoms with van der Waals surface area (Å²) < 4.78 is 11.2. The average Bonchev–Trinajstić information content (AvgIpc) is 2.97. The van der Waals surface area contributed by atoms with E-state index in [0.29, 0.717) is 19.7 Å². The van der Waals surface area contributed by atoms with Crippen molar-refractivity contribution in [1.29, 1.82) is 0 Å². The summed E-state index contributed by atoms with van der Waals surface area (Å²) >= 11 is 0. The Hall–Kier alpha value is -1.75. The van der Waals surface area contributed by atoms with Crippen LogP contribution in [0, 0.1) is 13.8 Å². The van der Waals surface area contributed by atoms with Crippen molar-refractivity contribution in [3.8, 4) is 5.75 Å². The van der Waals surface area contributed by atoms with E-state index in [4.69, 9.17) is 9.47 Å². The molecule has 0 saturated carbocycles. The van der Waals surface area contributed by atoms with Crippen LogP contribution in [0.3, 0.4) is 0 Å². The van der Waals surface area contributed by atoms with Crippen molar-refractivity contribution in [2.75, 3.05) is 26.3 Å². The van der Waals surface area contributed by atoms with Crippen molar-refractivity contribution >= 4 is 6.03 Å². The molecule has 2 amide bonds. The second kappa shape index (κ2) is 7.88. The maximum Gasteiger partial charge on any atom is 0.315 e. The minimum absolute atomic E-state index is 0.168. The van der Waals surface area contributed by atoms with Crippen LogP contribution in [0.2, 0.25) is 0 Å². The summed E-state index contributed by atoms with van der Waals surface area (Å²) in [5.74, 6) is 0.902. The lowest BCUT2D eigenvalue weighted by Crippen LogP contribution is -2.41. The smallest absolute Gasteiger partial charge is 0.315 e. The fraction of sp³-hybridized carbons (Fsp3) is 0.562. The molecule has 0 radical (unpaired) electrons. The molecule has 0 aliphatic carbocycles. The van der Waals surface area contributed by atoms with Gasteiger partial charge in [-0.05, 0) is 37.8 Å². The summed E-state index contributed by atoms with van der Waals surface area (Å²) in [5.41, 5.74) is 2.22. The summed E-state index contributed by atoms with van der Waals surface area (Å²) in [5, 5.41) is 5.60. The van der Waals surface area contributed by atoms with Crippen molar-refractivity contribution in [2.45, 2.75) is 32.8 Å². The normalized spacial score (nSPS) is 17.5. The molecule has 1 aromatic carbocycles. The second-order valence-corrected chi connectivity index (χ2v) is 5.34. The second-order valence-electron chi connectivity index (χ2n) is 5.34. The molecular formula is C16H24N2O3. The van der Waals surface area contributed by atoms with Crippen molar-refractivity contribution in [1.82, 2.24) is 10.6 Å². The van der Waals surface area contributed by atoms with E-state index in [2.05, 4.69) is 10.6 Å². The molecule has 1 heterocycles. The molecule has 5 nitrogen and oxygen atoms in total. The summed E-state index contributed by atoms with van der Waals surface area (Å²) in [7, 11) is 0. The molecule has 1 aliphatic heterocycles. The molecular weight excluding hydrogens is 268 g/mol. The van der Waals surface area contributed by atoms with Crippen LogP contribution in [0.25, 0.3) is 0 Å². The Kier molecular flexibility index (Phi) is 5.87. The number of hydrogen-bond acceptors (Lipinski definition) is 3. The van der Waals surface area contributed by atoms with Crippen LogP contribution in [0.4, 0.5) is 4.79 Å². The van der Waals surface area contributed by atoms with Crippen molar-refractivity contribution < 1.29 is 14.3 Å². The molecule has 1 aliphatic rings. The first kappa shape index (κ1) is 15.6. The number of urea groups is 1. The monoisotopic (exact) mass is 292 g/mol. The topological polar surface area (TPSA) is 59.6 Å². The lowest BCUT2D eigenvalue weighted by Gasteiger charge is -2.14. The quantitative estimate of drug-likeness (QED) is 0.790. The Morgan fingerprint density at radius 2 is 2.10 bits per heavy atom. The van der Waals surface area contributed by atoms with E-state index < -0.39 is 0 Å². The zero-order chi connectivity index (χ0) is 15.1. The first-order chi connectivity index (χ1) is 10.2. The van der Waals surface area contributed by atoms with Gasteiger partial charge in [-0.25, -0.2) is 4.79 Å². The fourth-order valence-corrected chi connectivity index (χ4v) is 2.42. The Morgan fingerprint density at radius 3 is 2.76 bits per heavy atom. The van der Waals surface area contributed by atoms with Gasteiger partial charge in [-0.1, -0.05) is 18.2 Å². The zero-order valence-corrected chi connectivity index (χ0v) is 12.8. The number of para-hydroxylation sites is 1. The zero-order valence-electron chi connectivity index (χ0n) is 12.8. The Labute approximate surface area is 126 Å². The van der Waals surface area contributed by atoms with Crippen LogP contribution in [0.1, 0.15) is 24.0 Å². The number of rotatable bonds is 6. The standard InChI is InChI=1S/C16H24N2O3/c1-12-5-3-6-13(2)15(12)21-10-8-17-16(19)18-11-14-7-4-9-20-14/h3,5-6,14H,4,7-11H2,1-2H3,(H2,17,18,19). The molecule has 21 heavy (non-hydrogen) atoms. The van der Waals surface area contributed by atoms with E-state index in [1.54, 1.807) is 0 Å². The number of carbonyl (C=O) groups excluding carboxylic acids is 1. The molecule has 1 aromatic rings. The van der Waals surface area contributed by atoms with Gasteiger partial charge in [0.05, 0.1) is 12.6 Å². The lowest BCUT2D eigenvalue weighted by atomic mass is 10.1. The van der Waals surface area contributed by atoms with Crippen molar-refractivity contribution in [3.05, 3.63) is 29.3 Å². The maximum atomic E-state index is 11.6. The number of hydrogen-bond donors (Lipinski definition) is 2. The van der Waals surface area contributed by atoms with Gasteiger partial charge < -0.3 is 20.1 Å². The van der Waals surface area contributed by atoms with Gasteiger partial charge in [-0.2, -0.15) is 0 Å². The SMILES string of the molecule is Cc1cccc(C)c1OCCNC(=O)NCC1CCCO1. The fourth-order valence-electron chi connectivity index (χ4n) is 2.42. The van der Waals surface area contributed by atoms with Crippen LogP contribution in [0.5, 0.6) is 5.75 Å². The van der Waals surface area contributed by atoms with Gasteiger partial charge in [-0.3, -0.25) is 0 Å². The molecule has 2 N–H and O–H groups in total. The summed E-state index contributed by atoms with van der Waals surface area (Å²) in [4.78, 5) is 11.6. The third kappa shape index (κ3) is 4.93. The molecule has 0 bridgehead atoms. The summed E-state index contributed by atoms with van der Waals surface area (Å²) in [6.07, 6.45) is 2.27. The molecule has 0 aromatic heterocycles. The van der Waals surface area contributed by atoms with Crippen LogP contribution >= 0.6 is 0 Å². The maximum absolute atomic E-state index is 11.6. The highest BCUT2D eigenvalue weighted by Crippen LogP contribution is 2.21. The first-order valence-electron chi connectivity index (χ1n) is 7.49. The van der Waals surface area contributed by atoms with Crippen molar-refractivity contribution in [2.24, 2.45) is 0 Å². The number of amides is 2. The van der Waals surface area contributed by atoms with Crippen LogP contribution in [0.15, 0.2) is 18.2 Å². The van der Waals surface area contributed by atoms with Crippen LogP contribution in [-0.4, -0.2) is 38.4 Å². The van der Waals surface area contributed by atoms with Gasteiger partial charge in [-0.15, -0.1) is 0 Å². The number of benzene rings is 1. The third-order valence-electron chi connectivity index (χ3n) is 3.56. The third-order valence-corrected chi connectivity index (χ3v) is 3.56. The van der Waals surface area contributed by atoms with E-state index in [0.717, 1.165) is 36.3 Å². The van der Waals surface area contributed by atoms with Gasteiger partial charge in [0.2, 0.25) is 0 Å². The average molecular weight is 292 g/mol. The highest BCUT2D eigenvalue weighted by atomic mass is 16.5. The number of carbonyl (C=O) groups is 1.